The second-order valence-electron chi connectivity index (χ2n) is 18.8. The van der Waals surface area contributed by atoms with E-state index in [0.717, 1.165) is 148 Å². The Bertz CT molecular complexity index is 1170. The highest BCUT2D eigenvalue weighted by molar-refractivity contribution is 5.70. The number of carbonyl (C=O) groups excluding carboxylic acids is 4. The summed E-state index contributed by atoms with van der Waals surface area (Å²) < 4.78 is 34.3. The zero-order valence-electron chi connectivity index (χ0n) is 44.8. The summed E-state index contributed by atoms with van der Waals surface area (Å²) in [4.78, 5) is 52.4. The summed E-state index contributed by atoms with van der Waals surface area (Å²) in [6.45, 7) is 12.9. The quantitative estimate of drug-likeness (QED) is 0.0203. The lowest BCUT2D eigenvalue weighted by molar-refractivity contribution is -0.159. The number of hydrogen-bond donors (Lipinski definition) is 1. The maximum atomic E-state index is 12.7. The summed E-state index contributed by atoms with van der Waals surface area (Å²) in [6, 6.07) is 0. The van der Waals surface area contributed by atoms with Gasteiger partial charge in [-0.2, -0.15) is 0 Å². The molecule has 0 heterocycles. The van der Waals surface area contributed by atoms with Crippen LogP contribution in [0.2, 0.25) is 0 Å². The van der Waals surface area contributed by atoms with E-state index in [1.54, 1.807) is 0 Å². The molecule has 0 aliphatic carbocycles. The molecule has 0 radical (unpaired) electrons. The monoisotopic (exact) mass is 980 g/mol. The van der Waals surface area contributed by atoms with Gasteiger partial charge in [-0.15, -0.1) is 0 Å². The average Bonchev–Trinajstić information content (AvgIpc) is 3.34. The normalized spacial score (nSPS) is 11.8. The fourth-order valence-electron chi connectivity index (χ4n) is 7.75. The second kappa shape index (κ2) is 53.0. The van der Waals surface area contributed by atoms with E-state index < -0.39 is 5.92 Å². The molecule has 0 atom stereocenters. The Morgan fingerprint density at radius 2 is 0.812 bits per heavy atom. The molecule has 0 bridgehead atoms. The summed E-state index contributed by atoms with van der Waals surface area (Å²) in [7, 11) is 0. The minimum atomic E-state index is -0.411. The van der Waals surface area contributed by atoms with Crippen LogP contribution in [-0.2, 0) is 47.6 Å². The molecular formula is C57H105NO11. The number of hydrogen-bond acceptors (Lipinski definition) is 12. The Morgan fingerprint density at radius 1 is 0.420 bits per heavy atom. The smallest absolute Gasteiger partial charge is 0.305 e. The van der Waals surface area contributed by atoms with Gasteiger partial charge < -0.3 is 38.4 Å². The van der Waals surface area contributed by atoms with E-state index in [0.29, 0.717) is 52.0 Å². The van der Waals surface area contributed by atoms with Crippen molar-refractivity contribution in [2.24, 2.45) is 5.92 Å². The van der Waals surface area contributed by atoms with Crippen molar-refractivity contribution in [3.05, 3.63) is 24.3 Å². The van der Waals surface area contributed by atoms with Crippen LogP contribution in [0.5, 0.6) is 0 Å². The summed E-state index contributed by atoms with van der Waals surface area (Å²) in [5.74, 6) is -1.46. The zero-order valence-corrected chi connectivity index (χ0v) is 44.8. The first-order chi connectivity index (χ1) is 33.8. The molecule has 0 aromatic carbocycles. The van der Waals surface area contributed by atoms with Gasteiger partial charge in [-0.3, -0.25) is 19.2 Å². The van der Waals surface area contributed by atoms with Gasteiger partial charge in [-0.1, -0.05) is 142 Å². The summed E-state index contributed by atoms with van der Waals surface area (Å²) in [5, 5.41) is 9.66. The summed E-state index contributed by atoms with van der Waals surface area (Å²) >= 11 is 0. The molecule has 0 fully saturated rings. The van der Waals surface area contributed by atoms with Crippen molar-refractivity contribution in [3.63, 3.8) is 0 Å². The molecule has 0 spiro atoms. The van der Waals surface area contributed by atoms with Crippen molar-refractivity contribution in [1.29, 1.82) is 0 Å². The van der Waals surface area contributed by atoms with E-state index >= 15 is 0 Å². The highest BCUT2D eigenvalue weighted by Crippen LogP contribution is 2.14. The third kappa shape index (κ3) is 48.6. The molecule has 0 rings (SSSR count). The molecule has 12 nitrogen and oxygen atoms in total. The molecule has 69 heavy (non-hydrogen) atoms. The Kier molecular flexibility index (Phi) is 50.9. The molecular weight excluding hydrogens is 875 g/mol. The number of esters is 4. The fourth-order valence-corrected chi connectivity index (χ4v) is 7.75. The number of rotatable bonds is 53. The summed E-state index contributed by atoms with van der Waals surface area (Å²) in [6.07, 6.45) is 39.0. The molecule has 0 amide bonds. The zero-order chi connectivity index (χ0) is 50.5. The number of carbonyl (C=O) groups is 4. The standard InChI is InChI=1S/C57H105NO11/c1-5-9-13-17-22-29-37-53(60)67-49-52(50-68-54(61)38-30-23-18-14-10-6-2)51-69-55(62)39-31-28-33-43-58(44-45-59)42-32-24-21-27-34-46-64-56(63)40-41-57(65-47-35-25-19-15-11-7-3)66-48-36-26-20-16-12-8-4/h11-12,15-16,52,57,59H,5-10,13-14,17-51H2,1-4H3/b15-11-,16-12-. The molecule has 0 aromatic heterocycles. The number of allylic oxidation sites excluding steroid dienone is 4. The average molecular weight is 980 g/mol. The second-order valence-corrected chi connectivity index (χ2v) is 18.8. The molecule has 0 saturated heterocycles. The number of nitrogens with zero attached hydrogens (tertiary/aromatic N) is 1. The first-order valence-electron chi connectivity index (χ1n) is 28.3. The third-order valence-electron chi connectivity index (χ3n) is 12.1. The fraction of sp³-hybridized carbons (Fsp3) is 0.860. The highest BCUT2D eigenvalue weighted by Gasteiger charge is 2.18. The van der Waals surface area contributed by atoms with Gasteiger partial charge in [0.15, 0.2) is 6.29 Å². The van der Waals surface area contributed by atoms with Crippen LogP contribution < -0.4 is 0 Å². The number of aliphatic hydroxyl groups excluding tert-OH is 1. The molecule has 0 aromatic rings. The van der Waals surface area contributed by atoms with Crippen LogP contribution in [0.3, 0.4) is 0 Å². The minimum Gasteiger partial charge on any atom is -0.466 e. The Labute approximate surface area is 422 Å². The number of unbranched alkanes of at least 4 members (excludes halogenated alkanes) is 20. The van der Waals surface area contributed by atoms with E-state index in [9.17, 15) is 24.3 Å². The first kappa shape index (κ1) is 66.2. The van der Waals surface area contributed by atoms with Crippen LogP contribution in [0.1, 0.15) is 240 Å². The van der Waals surface area contributed by atoms with Gasteiger partial charge in [-0.25, -0.2) is 0 Å². The van der Waals surface area contributed by atoms with Crippen molar-refractivity contribution in [1.82, 2.24) is 4.90 Å². The maximum absolute atomic E-state index is 12.7. The van der Waals surface area contributed by atoms with E-state index in [2.05, 4.69) is 56.9 Å². The topological polar surface area (TPSA) is 147 Å². The highest BCUT2D eigenvalue weighted by atomic mass is 16.7. The SMILES string of the molecule is CC/C=C\CCCCOC(CCC(=O)OCCCCCCCN(CCO)CCCCCC(=O)OCC(COC(=O)CCCCCCCC)COC(=O)CCCCCCCC)OCCCC/C=C\CC. The van der Waals surface area contributed by atoms with Crippen molar-refractivity contribution in [2.45, 2.75) is 246 Å². The van der Waals surface area contributed by atoms with E-state index in [1.807, 2.05) is 0 Å². The van der Waals surface area contributed by atoms with Crippen molar-refractivity contribution >= 4 is 23.9 Å². The van der Waals surface area contributed by atoms with Crippen LogP contribution in [-0.4, -0.2) is 106 Å². The van der Waals surface area contributed by atoms with Gasteiger partial charge in [0.25, 0.3) is 0 Å². The lowest BCUT2D eigenvalue weighted by atomic mass is 10.1. The molecule has 0 aliphatic rings. The van der Waals surface area contributed by atoms with Crippen molar-refractivity contribution in [3.8, 4) is 0 Å². The van der Waals surface area contributed by atoms with Crippen molar-refractivity contribution < 1.29 is 52.7 Å². The molecule has 1 N–H and O–H groups in total. The molecule has 0 aliphatic heterocycles. The minimum absolute atomic E-state index is 0.0329. The van der Waals surface area contributed by atoms with Crippen molar-refractivity contribution in [2.75, 3.05) is 65.9 Å². The Morgan fingerprint density at radius 3 is 1.26 bits per heavy atom. The van der Waals surface area contributed by atoms with Crippen LogP contribution in [0.4, 0.5) is 0 Å². The van der Waals surface area contributed by atoms with Crippen LogP contribution in [0, 0.1) is 5.92 Å². The summed E-state index contributed by atoms with van der Waals surface area (Å²) in [5.41, 5.74) is 0. The van der Waals surface area contributed by atoms with E-state index in [-0.39, 0.29) is 69.4 Å². The van der Waals surface area contributed by atoms with Gasteiger partial charge in [0, 0.05) is 45.4 Å². The van der Waals surface area contributed by atoms with Crippen LogP contribution in [0.15, 0.2) is 24.3 Å². The van der Waals surface area contributed by atoms with Gasteiger partial charge in [0.1, 0.15) is 19.8 Å². The predicted molar refractivity (Wildman–Crippen MR) is 280 cm³/mol. The van der Waals surface area contributed by atoms with E-state index in [1.165, 1.54) is 38.5 Å². The molecule has 404 valence electrons. The third-order valence-corrected chi connectivity index (χ3v) is 12.1. The van der Waals surface area contributed by atoms with Gasteiger partial charge in [-0.05, 0) is 103 Å². The first-order valence-corrected chi connectivity index (χ1v) is 28.3. The molecule has 0 saturated carbocycles. The largest absolute Gasteiger partial charge is 0.466 e. The number of aliphatic hydroxyl groups is 1. The number of ether oxygens (including phenoxy) is 6. The maximum Gasteiger partial charge on any atom is 0.305 e. The van der Waals surface area contributed by atoms with Crippen LogP contribution >= 0.6 is 0 Å². The van der Waals surface area contributed by atoms with Crippen LogP contribution in [0.25, 0.3) is 0 Å². The van der Waals surface area contributed by atoms with E-state index in [4.69, 9.17) is 28.4 Å². The Balaban J connectivity index is 4.45. The lowest BCUT2D eigenvalue weighted by Crippen LogP contribution is -2.29. The predicted octanol–water partition coefficient (Wildman–Crippen LogP) is 13.5. The Hall–Kier alpha value is -2.80. The van der Waals surface area contributed by atoms with Gasteiger partial charge >= 0.3 is 23.9 Å². The van der Waals surface area contributed by atoms with Gasteiger partial charge in [0.05, 0.1) is 25.6 Å². The molecule has 0 unspecified atom stereocenters. The van der Waals surface area contributed by atoms with Gasteiger partial charge in [0.2, 0.25) is 0 Å². The molecule has 12 heteroatoms. The lowest BCUT2D eigenvalue weighted by Gasteiger charge is -2.21.